The van der Waals surface area contributed by atoms with Gasteiger partial charge in [-0.3, -0.25) is 0 Å². The van der Waals surface area contributed by atoms with E-state index < -0.39 is 0 Å². The molecule has 0 saturated heterocycles. The van der Waals surface area contributed by atoms with E-state index in [9.17, 15) is 0 Å². The molecule has 4 nitrogen and oxygen atoms in total. The Kier molecular flexibility index (Phi) is 4.13. The van der Waals surface area contributed by atoms with E-state index >= 15 is 0 Å². The lowest BCUT2D eigenvalue weighted by atomic mass is 9.89. The van der Waals surface area contributed by atoms with Crippen LogP contribution in [0.5, 0.6) is 0 Å². The summed E-state index contributed by atoms with van der Waals surface area (Å²) in [5.41, 5.74) is 7.65. The molecule has 0 bridgehead atoms. The number of hydrogen-bond acceptors (Lipinski definition) is 3. The largest absolute Gasteiger partial charge is 0.382 e. The number of imidazole rings is 1. The first kappa shape index (κ1) is 14.7. The molecule has 2 aromatic rings. The van der Waals surface area contributed by atoms with Crippen molar-refractivity contribution in [1.29, 1.82) is 0 Å². The summed E-state index contributed by atoms with van der Waals surface area (Å²) in [4.78, 5) is 4.71. The van der Waals surface area contributed by atoms with Crippen LogP contribution in [-0.2, 0) is 0 Å². The highest BCUT2D eigenvalue weighted by Gasteiger charge is 2.24. The van der Waals surface area contributed by atoms with Gasteiger partial charge in [-0.1, -0.05) is 52.9 Å². The van der Waals surface area contributed by atoms with Crippen molar-refractivity contribution >= 4 is 33.3 Å². The number of rotatable bonds is 2. The third-order valence-electron chi connectivity index (χ3n) is 4.13. The van der Waals surface area contributed by atoms with Crippen molar-refractivity contribution in [3.63, 3.8) is 0 Å². The molecule has 0 spiro atoms. The van der Waals surface area contributed by atoms with Crippen molar-refractivity contribution < 1.29 is 0 Å². The van der Waals surface area contributed by atoms with Gasteiger partial charge in [0.2, 0.25) is 0 Å². The van der Waals surface area contributed by atoms with Crippen LogP contribution >= 0.6 is 27.5 Å². The van der Waals surface area contributed by atoms with E-state index in [1.807, 2.05) is 18.2 Å². The number of anilines is 1. The summed E-state index contributed by atoms with van der Waals surface area (Å²) in [6.45, 7) is 0. The summed E-state index contributed by atoms with van der Waals surface area (Å²) in [5, 5.41) is 0.615. The van der Waals surface area contributed by atoms with Gasteiger partial charge in [0.05, 0.1) is 5.02 Å². The summed E-state index contributed by atoms with van der Waals surface area (Å²) in [7, 11) is 0. The number of aromatic nitrogens is 2. The molecule has 1 fully saturated rings. The van der Waals surface area contributed by atoms with Crippen LogP contribution < -0.4 is 11.6 Å². The molecule has 1 aromatic carbocycles. The van der Waals surface area contributed by atoms with Gasteiger partial charge in [0.15, 0.2) is 5.82 Å². The van der Waals surface area contributed by atoms with Crippen molar-refractivity contribution in [2.24, 2.45) is 0 Å². The Hall–Kier alpha value is -1.20. The molecule has 112 valence electrons. The van der Waals surface area contributed by atoms with E-state index in [0.29, 0.717) is 22.5 Å². The standard InChI is InChI=1S/C15H18BrClN4/c16-10-6-7-11(12(17)8-10)13-14(18)21(19)15(20-13)9-4-2-1-3-5-9/h6-9H,1-5,18-19H2. The van der Waals surface area contributed by atoms with E-state index in [1.165, 1.54) is 23.9 Å². The van der Waals surface area contributed by atoms with Crippen LogP contribution in [-0.4, -0.2) is 9.66 Å². The van der Waals surface area contributed by atoms with Crippen molar-refractivity contribution in [3.05, 3.63) is 33.5 Å². The highest BCUT2D eigenvalue weighted by Crippen LogP contribution is 2.37. The van der Waals surface area contributed by atoms with E-state index in [4.69, 9.17) is 28.2 Å². The van der Waals surface area contributed by atoms with Crippen molar-refractivity contribution in [3.8, 4) is 11.3 Å². The maximum atomic E-state index is 6.31. The zero-order chi connectivity index (χ0) is 15.0. The molecule has 0 radical (unpaired) electrons. The molecule has 0 unspecified atom stereocenters. The topological polar surface area (TPSA) is 69.9 Å². The molecular formula is C15H18BrClN4. The van der Waals surface area contributed by atoms with Gasteiger partial charge in [-0.05, 0) is 25.0 Å². The van der Waals surface area contributed by atoms with Crippen LogP contribution in [0.4, 0.5) is 5.82 Å². The number of nitrogen functional groups attached to an aromatic ring is 2. The first-order chi connectivity index (χ1) is 10.1. The van der Waals surface area contributed by atoms with Gasteiger partial charge in [0.25, 0.3) is 0 Å². The fourth-order valence-electron chi connectivity index (χ4n) is 2.99. The van der Waals surface area contributed by atoms with Gasteiger partial charge >= 0.3 is 0 Å². The molecule has 6 heteroatoms. The second-order valence-corrected chi connectivity index (χ2v) is 6.86. The third kappa shape index (κ3) is 2.77. The minimum atomic E-state index is 0.397. The second-order valence-electron chi connectivity index (χ2n) is 5.53. The highest BCUT2D eigenvalue weighted by molar-refractivity contribution is 9.10. The fourth-order valence-corrected chi connectivity index (χ4v) is 3.75. The lowest BCUT2D eigenvalue weighted by Gasteiger charge is -2.20. The molecule has 4 N–H and O–H groups in total. The Morgan fingerprint density at radius 3 is 2.62 bits per heavy atom. The normalized spacial score (nSPS) is 16.3. The first-order valence-electron chi connectivity index (χ1n) is 7.16. The molecule has 1 saturated carbocycles. The van der Waals surface area contributed by atoms with Gasteiger partial charge in [-0.2, -0.15) is 0 Å². The van der Waals surface area contributed by atoms with Crippen LogP contribution in [0.2, 0.25) is 5.02 Å². The van der Waals surface area contributed by atoms with Crippen LogP contribution in [0.1, 0.15) is 43.8 Å². The molecular weight excluding hydrogens is 352 g/mol. The van der Waals surface area contributed by atoms with E-state index in [0.717, 1.165) is 28.7 Å². The van der Waals surface area contributed by atoms with Crippen LogP contribution in [0.25, 0.3) is 11.3 Å². The number of nitrogens with two attached hydrogens (primary N) is 2. The third-order valence-corrected chi connectivity index (χ3v) is 4.94. The molecule has 21 heavy (non-hydrogen) atoms. The Balaban J connectivity index is 2.03. The van der Waals surface area contributed by atoms with Crippen molar-refractivity contribution in [2.75, 3.05) is 11.6 Å². The van der Waals surface area contributed by atoms with Crippen LogP contribution in [0.3, 0.4) is 0 Å². The monoisotopic (exact) mass is 368 g/mol. The Labute approximate surface area is 137 Å². The zero-order valence-electron chi connectivity index (χ0n) is 11.6. The van der Waals surface area contributed by atoms with Crippen molar-refractivity contribution in [1.82, 2.24) is 9.66 Å². The zero-order valence-corrected chi connectivity index (χ0v) is 14.0. The summed E-state index contributed by atoms with van der Waals surface area (Å²) < 4.78 is 2.46. The summed E-state index contributed by atoms with van der Waals surface area (Å²) in [6, 6.07) is 5.68. The highest BCUT2D eigenvalue weighted by atomic mass is 79.9. The first-order valence-corrected chi connectivity index (χ1v) is 8.33. The Morgan fingerprint density at radius 1 is 1.24 bits per heavy atom. The fraction of sp³-hybridized carbons (Fsp3) is 0.400. The average Bonchev–Trinajstić information content (AvgIpc) is 2.77. The lowest BCUT2D eigenvalue weighted by molar-refractivity contribution is 0.424. The number of nitrogens with zero attached hydrogens (tertiary/aromatic N) is 2. The quantitative estimate of drug-likeness (QED) is 0.775. The molecule has 1 aliphatic rings. The Morgan fingerprint density at radius 2 is 1.95 bits per heavy atom. The van der Waals surface area contributed by atoms with Gasteiger partial charge in [0.1, 0.15) is 11.5 Å². The minimum absolute atomic E-state index is 0.397. The number of hydrogen-bond donors (Lipinski definition) is 2. The maximum absolute atomic E-state index is 6.31. The van der Waals surface area contributed by atoms with Gasteiger partial charge in [-0.25, -0.2) is 9.66 Å². The predicted octanol–water partition coefficient (Wildman–Crippen LogP) is 4.31. The van der Waals surface area contributed by atoms with Crippen molar-refractivity contribution in [2.45, 2.75) is 38.0 Å². The summed E-state index contributed by atoms with van der Waals surface area (Å²) in [5.74, 6) is 7.87. The Bertz CT molecular complexity index is 662. The minimum Gasteiger partial charge on any atom is -0.382 e. The van der Waals surface area contributed by atoms with Crippen LogP contribution in [0, 0.1) is 0 Å². The SMILES string of the molecule is Nc1c(-c2ccc(Br)cc2Cl)nc(C2CCCCC2)n1N. The molecule has 1 heterocycles. The second kappa shape index (κ2) is 5.89. The lowest BCUT2D eigenvalue weighted by Crippen LogP contribution is -2.19. The molecule has 0 aliphatic heterocycles. The molecule has 1 aromatic heterocycles. The van der Waals surface area contributed by atoms with E-state index in [1.54, 1.807) is 0 Å². The average molecular weight is 370 g/mol. The number of halogens is 2. The molecule has 0 atom stereocenters. The molecule has 1 aliphatic carbocycles. The van der Waals surface area contributed by atoms with Gasteiger partial charge in [0, 0.05) is 16.0 Å². The summed E-state index contributed by atoms with van der Waals surface area (Å²) in [6.07, 6.45) is 6.00. The van der Waals surface area contributed by atoms with E-state index in [-0.39, 0.29) is 0 Å². The summed E-state index contributed by atoms with van der Waals surface area (Å²) >= 11 is 9.71. The van der Waals surface area contributed by atoms with Gasteiger partial charge < -0.3 is 11.6 Å². The smallest absolute Gasteiger partial charge is 0.150 e. The molecule has 3 rings (SSSR count). The number of benzene rings is 1. The predicted molar refractivity (Wildman–Crippen MR) is 90.8 cm³/mol. The maximum Gasteiger partial charge on any atom is 0.150 e. The van der Waals surface area contributed by atoms with Crippen LogP contribution in [0.15, 0.2) is 22.7 Å². The van der Waals surface area contributed by atoms with E-state index in [2.05, 4.69) is 15.9 Å². The molecule has 0 amide bonds. The van der Waals surface area contributed by atoms with Gasteiger partial charge in [-0.15, -0.1) is 0 Å².